The molecule has 0 bridgehead atoms. The quantitative estimate of drug-likeness (QED) is 0.458. The van der Waals surface area contributed by atoms with Gasteiger partial charge in [-0.25, -0.2) is 9.37 Å². The maximum atomic E-state index is 15.2. The smallest absolute Gasteiger partial charge is 0.314 e. The Labute approximate surface area is 186 Å². The molecule has 1 aliphatic rings. The van der Waals surface area contributed by atoms with Crippen LogP contribution in [0.15, 0.2) is 54.6 Å². The number of aromatic nitrogens is 2. The second-order valence-electron chi connectivity index (χ2n) is 9.24. The highest BCUT2D eigenvalue weighted by Gasteiger charge is 2.45. The van der Waals surface area contributed by atoms with Gasteiger partial charge < -0.3 is 15.7 Å². The number of nitrogens with one attached hydrogen (secondary N) is 2. The van der Waals surface area contributed by atoms with E-state index in [2.05, 4.69) is 20.6 Å². The molecule has 0 atom stereocenters. The second-order valence-corrected chi connectivity index (χ2v) is 9.24. The molecule has 1 fully saturated rings. The van der Waals surface area contributed by atoms with Gasteiger partial charge in [-0.2, -0.15) is 4.98 Å². The highest BCUT2D eigenvalue weighted by atomic mass is 19.1. The Hall–Kier alpha value is -3.48. The third kappa shape index (κ3) is 4.28. The van der Waals surface area contributed by atoms with Crippen molar-refractivity contribution < 1.29 is 14.3 Å². The molecule has 6 nitrogen and oxygen atoms in total. The van der Waals surface area contributed by atoms with E-state index in [1.54, 1.807) is 12.1 Å². The lowest BCUT2D eigenvalue weighted by molar-refractivity contribution is -0.147. The minimum Gasteiger partial charge on any atom is -0.481 e. The van der Waals surface area contributed by atoms with Crippen LogP contribution in [0.5, 0.6) is 0 Å². The lowest BCUT2D eigenvalue weighted by Gasteiger charge is -2.38. The fourth-order valence-corrected chi connectivity index (χ4v) is 3.89. The molecule has 1 heterocycles. The molecule has 1 aliphatic carbocycles. The molecule has 7 heteroatoms. The number of hydrogen-bond donors (Lipinski definition) is 3. The fourth-order valence-electron chi connectivity index (χ4n) is 3.89. The average Bonchev–Trinajstić information content (AvgIpc) is 2.70. The highest BCUT2D eigenvalue weighted by Crippen LogP contribution is 2.44. The summed E-state index contributed by atoms with van der Waals surface area (Å²) in [5.74, 6) is -0.928. The van der Waals surface area contributed by atoms with Gasteiger partial charge in [-0.3, -0.25) is 4.79 Å². The van der Waals surface area contributed by atoms with Gasteiger partial charge in [0.1, 0.15) is 5.69 Å². The molecule has 3 N–H and O–H groups in total. The number of halogens is 1. The molecule has 0 saturated heterocycles. The molecule has 0 aliphatic heterocycles. The Morgan fingerprint density at radius 2 is 1.69 bits per heavy atom. The van der Waals surface area contributed by atoms with Crippen LogP contribution in [0.4, 0.5) is 21.8 Å². The molecule has 1 aromatic heterocycles. The number of hydrogen-bond acceptors (Lipinski definition) is 5. The molecule has 166 valence electrons. The zero-order valence-electron chi connectivity index (χ0n) is 18.4. The number of benzene rings is 2. The van der Waals surface area contributed by atoms with Crippen molar-refractivity contribution in [3.8, 4) is 11.3 Å². The minimum atomic E-state index is -0.783. The van der Waals surface area contributed by atoms with Crippen molar-refractivity contribution in [1.29, 1.82) is 0 Å². The molecular weight excluding hydrogens is 407 g/mol. The molecule has 0 amide bonds. The highest BCUT2D eigenvalue weighted by molar-refractivity contribution is 5.82. The first-order valence-corrected chi connectivity index (χ1v) is 10.7. The van der Waals surface area contributed by atoms with E-state index in [0.29, 0.717) is 24.1 Å². The van der Waals surface area contributed by atoms with E-state index in [4.69, 9.17) is 0 Å². The molecule has 0 radical (unpaired) electrons. The van der Waals surface area contributed by atoms with E-state index in [1.807, 2.05) is 63.2 Å². The molecule has 1 saturated carbocycles. The zero-order valence-corrected chi connectivity index (χ0v) is 18.4. The summed E-state index contributed by atoms with van der Waals surface area (Å²) in [6.45, 7) is 5.80. The van der Waals surface area contributed by atoms with Crippen LogP contribution in [0.3, 0.4) is 0 Å². The Kier molecular flexibility index (Phi) is 5.59. The van der Waals surface area contributed by atoms with Crippen LogP contribution < -0.4 is 10.6 Å². The van der Waals surface area contributed by atoms with Crippen LogP contribution >= 0.6 is 0 Å². The standard InChI is InChI=1S/C25H27FN4O2/c1-24(2,3)30-21-19(26)20(16-8-5-4-6-9-16)28-23(29-21)27-18-12-10-17(11-13-18)25(22(31)32)14-7-15-25/h4-6,8-13H,7,14-15H2,1-3H3,(H,31,32)(H2,27,28,29,30). The Morgan fingerprint density at radius 1 is 1.03 bits per heavy atom. The summed E-state index contributed by atoms with van der Waals surface area (Å²) in [4.78, 5) is 20.5. The topological polar surface area (TPSA) is 87.1 Å². The van der Waals surface area contributed by atoms with Gasteiger partial charge in [0.15, 0.2) is 11.6 Å². The third-order valence-electron chi connectivity index (χ3n) is 5.70. The van der Waals surface area contributed by atoms with Crippen LogP contribution in [-0.4, -0.2) is 26.6 Å². The van der Waals surface area contributed by atoms with Crippen LogP contribution in [0.2, 0.25) is 0 Å². The van der Waals surface area contributed by atoms with E-state index in [0.717, 1.165) is 12.0 Å². The van der Waals surface area contributed by atoms with Gasteiger partial charge in [0.2, 0.25) is 5.95 Å². The molecule has 4 rings (SSSR count). The van der Waals surface area contributed by atoms with Crippen LogP contribution in [-0.2, 0) is 10.2 Å². The normalized spacial score (nSPS) is 15.0. The number of aliphatic carboxylic acids is 1. The summed E-state index contributed by atoms with van der Waals surface area (Å²) in [7, 11) is 0. The summed E-state index contributed by atoms with van der Waals surface area (Å²) >= 11 is 0. The van der Waals surface area contributed by atoms with Gasteiger partial charge >= 0.3 is 5.97 Å². The first-order valence-electron chi connectivity index (χ1n) is 10.7. The Balaban J connectivity index is 1.67. The maximum absolute atomic E-state index is 15.2. The maximum Gasteiger partial charge on any atom is 0.314 e. The van der Waals surface area contributed by atoms with Gasteiger partial charge in [0.25, 0.3) is 0 Å². The van der Waals surface area contributed by atoms with Crippen molar-refractivity contribution in [3.05, 3.63) is 66.0 Å². The molecule has 32 heavy (non-hydrogen) atoms. The van der Waals surface area contributed by atoms with Crippen molar-refractivity contribution in [2.24, 2.45) is 0 Å². The van der Waals surface area contributed by atoms with Crippen LogP contribution in [0.1, 0.15) is 45.6 Å². The number of carboxylic acid groups (broad SMARTS) is 1. The lowest BCUT2D eigenvalue weighted by atomic mass is 9.64. The second kappa shape index (κ2) is 8.22. The van der Waals surface area contributed by atoms with Gasteiger partial charge in [-0.1, -0.05) is 48.9 Å². The number of carbonyl (C=O) groups is 1. The van der Waals surface area contributed by atoms with Gasteiger partial charge in [0, 0.05) is 16.8 Å². The largest absolute Gasteiger partial charge is 0.481 e. The van der Waals surface area contributed by atoms with Gasteiger partial charge in [-0.05, 0) is 51.3 Å². The number of nitrogens with zero attached hydrogens (tertiary/aromatic N) is 2. The minimum absolute atomic E-state index is 0.116. The number of rotatable bonds is 6. The first-order chi connectivity index (χ1) is 15.2. The fraction of sp³-hybridized carbons (Fsp3) is 0.320. The van der Waals surface area contributed by atoms with E-state index >= 15 is 4.39 Å². The predicted octanol–water partition coefficient (Wildman–Crippen LogP) is 5.74. The molecule has 3 aromatic rings. The van der Waals surface area contributed by atoms with Gasteiger partial charge in [0.05, 0.1) is 5.41 Å². The van der Waals surface area contributed by atoms with Crippen molar-refractivity contribution in [3.63, 3.8) is 0 Å². The molecule has 0 spiro atoms. The summed E-state index contributed by atoms with van der Waals surface area (Å²) < 4.78 is 15.2. The van der Waals surface area contributed by atoms with Crippen molar-refractivity contribution in [2.75, 3.05) is 10.6 Å². The van der Waals surface area contributed by atoms with Crippen LogP contribution in [0, 0.1) is 5.82 Å². The average molecular weight is 435 g/mol. The number of carboxylic acids is 1. The SMILES string of the molecule is CC(C)(C)Nc1nc(Nc2ccc(C3(C(=O)O)CCC3)cc2)nc(-c2ccccc2)c1F. The summed E-state index contributed by atoms with van der Waals surface area (Å²) in [6, 6.07) is 16.4. The molecule has 2 aromatic carbocycles. The Bertz CT molecular complexity index is 1120. The third-order valence-corrected chi connectivity index (χ3v) is 5.70. The number of anilines is 3. The summed E-state index contributed by atoms with van der Waals surface area (Å²) in [5, 5.41) is 15.9. The van der Waals surface area contributed by atoms with E-state index in [9.17, 15) is 9.90 Å². The molecule has 0 unspecified atom stereocenters. The van der Waals surface area contributed by atoms with Crippen LogP contribution in [0.25, 0.3) is 11.3 Å². The van der Waals surface area contributed by atoms with E-state index < -0.39 is 22.7 Å². The first kappa shape index (κ1) is 21.7. The summed E-state index contributed by atoms with van der Waals surface area (Å²) in [6.07, 6.45) is 2.22. The molecular formula is C25H27FN4O2. The van der Waals surface area contributed by atoms with Crippen molar-refractivity contribution >= 4 is 23.4 Å². The van der Waals surface area contributed by atoms with E-state index in [-0.39, 0.29) is 17.5 Å². The van der Waals surface area contributed by atoms with Gasteiger partial charge in [-0.15, -0.1) is 0 Å². The Morgan fingerprint density at radius 3 is 2.22 bits per heavy atom. The lowest BCUT2D eigenvalue weighted by Crippen LogP contribution is -2.42. The zero-order chi connectivity index (χ0) is 22.9. The van der Waals surface area contributed by atoms with Crippen molar-refractivity contribution in [1.82, 2.24) is 9.97 Å². The summed E-state index contributed by atoms with van der Waals surface area (Å²) in [5.41, 5.74) is 1.16. The predicted molar refractivity (Wildman–Crippen MR) is 124 cm³/mol. The van der Waals surface area contributed by atoms with E-state index in [1.165, 1.54) is 0 Å². The van der Waals surface area contributed by atoms with Crippen molar-refractivity contribution in [2.45, 2.75) is 51.0 Å². The monoisotopic (exact) mass is 434 g/mol.